The Bertz CT molecular complexity index is 409. The smallest absolute Gasteiger partial charge is 0.335 e. The molecule has 11 heteroatoms. The number of carboxylic acid groups (broad SMARTS) is 3. The molecule has 0 aromatic rings. The van der Waals surface area contributed by atoms with E-state index in [4.69, 9.17) is 15.9 Å². The first-order chi connectivity index (χ1) is 9.28. The Labute approximate surface area is 126 Å². The zero-order chi connectivity index (χ0) is 15.3. The molecule has 0 radical (unpaired) electrons. The summed E-state index contributed by atoms with van der Waals surface area (Å²) in [5, 5.41) is 29.3. The van der Waals surface area contributed by atoms with Gasteiger partial charge in [0.2, 0.25) is 0 Å². The van der Waals surface area contributed by atoms with Gasteiger partial charge in [-0.25, -0.2) is 4.79 Å². The lowest BCUT2D eigenvalue weighted by Gasteiger charge is -2.23. The third kappa shape index (κ3) is 4.45. The molecule has 0 aromatic heterocycles. The van der Waals surface area contributed by atoms with Gasteiger partial charge in [0.05, 0.1) is 0 Å². The minimum absolute atomic E-state index is 0.105. The van der Waals surface area contributed by atoms with Crippen molar-refractivity contribution in [1.82, 2.24) is 5.32 Å². The van der Waals surface area contributed by atoms with Gasteiger partial charge in [0.25, 0.3) is 0 Å². The molecule has 1 aliphatic rings. The molecule has 1 fully saturated rings. The lowest BCUT2D eigenvalue weighted by molar-refractivity contribution is -0.142. The van der Waals surface area contributed by atoms with Crippen LogP contribution in [0.25, 0.3) is 0 Å². The van der Waals surface area contributed by atoms with Crippen molar-refractivity contribution in [3.05, 3.63) is 0 Å². The molecule has 0 saturated carbocycles. The summed E-state index contributed by atoms with van der Waals surface area (Å²) in [6.45, 7) is 0. The first-order valence-electron chi connectivity index (χ1n) is 5.39. The Morgan fingerprint density at radius 3 is 2.45 bits per heavy atom. The van der Waals surface area contributed by atoms with Crippen molar-refractivity contribution in [3.8, 4) is 0 Å². The van der Waals surface area contributed by atoms with Crippen molar-refractivity contribution in [2.45, 2.75) is 17.0 Å². The first kappa shape index (κ1) is 17.4. The Morgan fingerprint density at radius 1 is 1.35 bits per heavy atom. The molecule has 0 aliphatic carbocycles. The molecule has 6 N–H and O–H groups in total. The summed E-state index contributed by atoms with van der Waals surface area (Å²) in [6, 6.07) is -1.91. The van der Waals surface area contributed by atoms with Gasteiger partial charge in [-0.2, -0.15) is 0 Å². The zero-order valence-corrected chi connectivity index (χ0v) is 12.6. The Balaban J connectivity index is 2.47. The molecule has 8 nitrogen and oxygen atoms in total. The first-order valence-corrected chi connectivity index (χ1v) is 8.86. The predicted octanol–water partition coefficient (Wildman–Crippen LogP) is -0.650. The molecular formula is C9H14N2O6S3. The van der Waals surface area contributed by atoms with Crippen molar-refractivity contribution in [1.29, 1.82) is 0 Å². The van der Waals surface area contributed by atoms with Crippen LogP contribution >= 0.6 is 33.3 Å². The fraction of sp³-hybridized carbons (Fsp3) is 0.667. The van der Waals surface area contributed by atoms with Crippen LogP contribution in [-0.4, -0.2) is 67.4 Å². The van der Waals surface area contributed by atoms with Gasteiger partial charge in [-0.15, -0.1) is 11.8 Å². The molecule has 2 unspecified atom stereocenters. The maximum atomic E-state index is 11.3. The van der Waals surface area contributed by atoms with Gasteiger partial charge in [0, 0.05) is 17.3 Å². The van der Waals surface area contributed by atoms with Crippen LogP contribution in [0.5, 0.6) is 0 Å². The van der Waals surface area contributed by atoms with Crippen LogP contribution in [-0.2, 0) is 14.4 Å². The molecule has 3 atom stereocenters. The number of thioether (sulfide) groups is 1. The molecule has 114 valence electrons. The monoisotopic (exact) mass is 342 g/mol. The van der Waals surface area contributed by atoms with Crippen LogP contribution in [0.3, 0.4) is 0 Å². The van der Waals surface area contributed by atoms with Crippen molar-refractivity contribution in [2.24, 2.45) is 5.73 Å². The van der Waals surface area contributed by atoms with Gasteiger partial charge < -0.3 is 21.1 Å². The fourth-order valence-corrected chi connectivity index (χ4v) is 5.42. The van der Waals surface area contributed by atoms with Crippen molar-refractivity contribution in [3.63, 3.8) is 0 Å². The van der Waals surface area contributed by atoms with Crippen LogP contribution < -0.4 is 11.1 Å². The van der Waals surface area contributed by atoms with E-state index in [0.29, 0.717) is 0 Å². The summed E-state index contributed by atoms with van der Waals surface area (Å²) >= 11 is 1.03. The van der Waals surface area contributed by atoms with Gasteiger partial charge in [-0.1, -0.05) is 21.6 Å². The summed E-state index contributed by atoms with van der Waals surface area (Å²) < 4.78 is 0. The maximum Gasteiger partial charge on any atom is 0.335 e. The normalized spacial score (nSPS) is 27.1. The lowest BCUT2D eigenvalue weighted by Crippen LogP contribution is -2.52. The number of carboxylic acids is 3. The molecule has 20 heavy (non-hydrogen) atoms. The van der Waals surface area contributed by atoms with Crippen molar-refractivity contribution >= 4 is 51.3 Å². The quantitative estimate of drug-likeness (QED) is 0.283. The molecule has 1 saturated heterocycles. The fourth-order valence-electron chi connectivity index (χ4n) is 1.31. The van der Waals surface area contributed by atoms with E-state index in [0.717, 1.165) is 33.3 Å². The van der Waals surface area contributed by atoms with E-state index in [1.54, 1.807) is 0 Å². The second-order valence-corrected chi connectivity index (χ2v) is 7.80. The standard InChI is InChI=1S/C9H14N2O6S3/c10-4(6(12)13)1-19-20-3-9(8(16)17)11-5(2-18-9)7(14)15/h4-5,11H,1-3,10H2,(H,12,13)(H,14,15)(H,16,17)/t4?,5-,9?/m0/s1. The number of carbonyl (C=O) groups is 3. The zero-order valence-electron chi connectivity index (χ0n) is 10.1. The van der Waals surface area contributed by atoms with Gasteiger partial charge in [-0.3, -0.25) is 14.9 Å². The van der Waals surface area contributed by atoms with Crippen LogP contribution in [0.4, 0.5) is 0 Å². The third-order valence-electron chi connectivity index (χ3n) is 2.46. The van der Waals surface area contributed by atoms with Gasteiger partial charge in [-0.05, 0) is 0 Å². The van der Waals surface area contributed by atoms with E-state index >= 15 is 0 Å². The van der Waals surface area contributed by atoms with Gasteiger partial charge in [0.15, 0.2) is 4.87 Å². The average Bonchev–Trinajstić information content (AvgIpc) is 2.80. The number of rotatable bonds is 8. The number of nitrogens with one attached hydrogen (secondary N) is 1. The van der Waals surface area contributed by atoms with Crippen LogP contribution in [0, 0.1) is 0 Å². The van der Waals surface area contributed by atoms with Gasteiger partial charge >= 0.3 is 17.9 Å². The second kappa shape index (κ2) is 7.41. The minimum atomic E-state index is -1.37. The largest absolute Gasteiger partial charge is 0.480 e. The minimum Gasteiger partial charge on any atom is -0.480 e. The van der Waals surface area contributed by atoms with Crippen molar-refractivity contribution in [2.75, 3.05) is 17.3 Å². The van der Waals surface area contributed by atoms with Crippen LogP contribution in [0.15, 0.2) is 0 Å². The predicted molar refractivity (Wildman–Crippen MR) is 77.9 cm³/mol. The van der Waals surface area contributed by atoms with Crippen molar-refractivity contribution < 1.29 is 29.7 Å². The molecule has 0 aromatic carbocycles. The van der Waals surface area contributed by atoms with E-state index < -0.39 is 34.9 Å². The van der Waals surface area contributed by atoms with E-state index in [-0.39, 0.29) is 17.3 Å². The van der Waals surface area contributed by atoms with Gasteiger partial charge in [0.1, 0.15) is 12.1 Å². The Morgan fingerprint density at radius 2 is 2.00 bits per heavy atom. The molecular weight excluding hydrogens is 328 g/mol. The van der Waals surface area contributed by atoms with E-state index in [1.807, 2.05) is 0 Å². The Kier molecular flexibility index (Phi) is 6.45. The number of aliphatic carboxylic acids is 3. The second-order valence-electron chi connectivity index (χ2n) is 3.97. The molecule has 0 amide bonds. The molecule has 1 rings (SSSR count). The Hall–Kier alpha value is -0.620. The highest BCUT2D eigenvalue weighted by Crippen LogP contribution is 2.37. The van der Waals surface area contributed by atoms with Crippen LogP contribution in [0.2, 0.25) is 0 Å². The lowest BCUT2D eigenvalue weighted by atomic mass is 10.2. The number of hydrogen-bond acceptors (Lipinski definition) is 8. The summed E-state index contributed by atoms with van der Waals surface area (Å²) in [7, 11) is 2.30. The summed E-state index contributed by atoms with van der Waals surface area (Å²) in [5.41, 5.74) is 5.32. The highest BCUT2D eigenvalue weighted by atomic mass is 33.1. The number of nitrogens with two attached hydrogens (primary N) is 1. The van der Waals surface area contributed by atoms with E-state index in [9.17, 15) is 19.5 Å². The molecule has 1 heterocycles. The number of hydrogen-bond donors (Lipinski definition) is 5. The van der Waals surface area contributed by atoms with Crippen LogP contribution in [0.1, 0.15) is 0 Å². The molecule has 1 aliphatic heterocycles. The highest BCUT2D eigenvalue weighted by molar-refractivity contribution is 8.76. The SMILES string of the molecule is NC(CSSCC1(C(=O)O)N[C@H](C(=O)O)CS1)C(=O)O. The highest BCUT2D eigenvalue weighted by Gasteiger charge is 2.48. The third-order valence-corrected chi connectivity index (χ3v) is 6.54. The molecule has 0 spiro atoms. The molecule has 0 bridgehead atoms. The average molecular weight is 342 g/mol. The summed E-state index contributed by atoms with van der Waals surface area (Å²) in [6.07, 6.45) is 0. The maximum absolute atomic E-state index is 11.3. The van der Waals surface area contributed by atoms with E-state index in [2.05, 4.69) is 5.32 Å². The van der Waals surface area contributed by atoms with E-state index in [1.165, 1.54) is 0 Å². The summed E-state index contributed by atoms with van der Waals surface area (Å²) in [4.78, 5) is 31.3. The topological polar surface area (TPSA) is 150 Å². The summed E-state index contributed by atoms with van der Waals surface area (Å²) in [5.74, 6) is -2.93.